The summed E-state index contributed by atoms with van der Waals surface area (Å²) in [5.41, 5.74) is 1.15. The van der Waals surface area contributed by atoms with Crippen molar-refractivity contribution < 1.29 is 8.42 Å². The highest BCUT2D eigenvalue weighted by molar-refractivity contribution is 7.89. The first-order valence-electron chi connectivity index (χ1n) is 7.29. The van der Waals surface area contributed by atoms with Gasteiger partial charge in [0.2, 0.25) is 10.0 Å². The number of piperidine rings is 1. The highest BCUT2D eigenvalue weighted by Crippen LogP contribution is 2.17. The van der Waals surface area contributed by atoms with Gasteiger partial charge in [-0.15, -0.1) is 12.4 Å². The molecule has 0 aliphatic carbocycles. The Labute approximate surface area is 134 Å². The quantitative estimate of drug-likeness (QED) is 0.871. The zero-order valence-electron chi connectivity index (χ0n) is 12.6. The Morgan fingerprint density at radius 1 is 1.29 bits per heavy atom. The van der Waals surface area contributed by atoms with Crippen molar-refractivity contribution in [2.45, 2.75) is 37.5 Å². The number of hydrogen-bond donors (Lipinski definition) is 2. The maximum Gasteiger partial charge on any atom is 0.240 e. The summed E-state index contributed by atoms with van der Waals surface area (Å²) in [5, 5.41) is 3.30. The van der Waals surface area contributed by atoms with Crippen molar-refractivity contribution in [1.29, 1.82) is 0 Å². The van der Waals surface area contributed by atoms with Crippen molar-refractivity contribution in [1.82, 2.24) is 10.0 Å². The maximum absolute atomic E-state index is 12.2. The van der Waals surface area contributed by atoms with Crippen molar-refractivity contribution >= 4 is 22.4 Å². The van der Waals surface area contributed by atoms with Crippen LogP contribution < -0.4 is 10.0 Å². The molecule has 0 amide bonds. The Bertz CT molecular complexity index is 523. The zero-order valence-corrected chi connectivity index (χ0v) is 14.3. The molecule has 1 aliphatic rings. The predicted molar refractivity (Wildman–Crippen MR) is 88.6 cm³/mol. The van der Waals surface area contributed by atoms with Gasteiger partial charge in [0.25, 0.3) is 0 Å². The summed E-state index contributed by atoms with van der Waals surface area (Å²) < 4.78 is 27.2. The molecule has 6 heteroatoms. The monoisotopic (exact) mass is 332 g/mol. The second-order valence-corrected chi connectivity index (χ2v) is 7.55. The van der Waals surface area contributed by atoms with Gasteiger partial charge >= 0.3 is 0 Å². The fourth-order valence-corrected chi connectivity index (χ4v) is 3.56. The van der Waals surface area contributed by atoms with Gasteiger partial charge in [0.15, 0.2) is 0 Å². The van der Waals surface area contributed by atoms with Gasteiger partial charge in [0, 0.05) is 6.54 Å². The van der Waals surface area contributed by atoms with Crippen LogP contribution >= 0.6 is 12.4 Å². The third-order valence-electron chi connectivity index (χ3n) is 3.82. The molecule has 0 radical (unpaired) electrons. The molecule has 1 aromatic carbocycles. The first-order valence-corrected chi connectivity index (χ1v) is 8.77. The summed E-state index contributed by atoms with van der Waals surface area (Å²) in [5.74, 6) is 0.807. The Morgan fingerprint density at radius 3 is 2.48 bits per heavy atom. The molecule has 1 aromatic rings. The molecule has 0 aromatic heterocycles. The molecule has 2 N–H and O–H groups in total. The molecule has 0 saturated carbocycles. The van der Waals surface area contributed by atoms with Gasteiger partial charge in [-0.1, -0.05) is 26.0 Å². The topological polar surface area (TPSA) is 58.2 Å². The first kappa shape index (κ1) is 18.4. The van der Waals surface area contributed by atoms with E-state index in [0.29, 0.717) is 23.3 Å². The predicted octanol–water partition coefficient (Wildman–Crippen LogP) is 2.51. The molecule has 4 nitrogen and oxygen atoms in total. The minimum atomic E-state index is -3.38. The lowest BCUT2D eigenvalue weighted by Crippen LogP contribution is -2.38. The van der Waals surface area contributed by atoms with Gasteiger partial charge in [-0.05, 0) is 55.5 Å². The van der Waals surface area contributed by atoms with Crippen molar-refractivity contribution in [2.75, 3.05) is 19.6 Å². The lowest BCUT2D eigenvalue weighted by Gasteiger charge is -2.22. The summed E-state index contributed by atoms with van der Waals surface area (Å²) >= 11 is 0. The van der Waals surface area contributed by atoms with Crippen LogP contribution in [0.4, 0.5) is 0 Å². The molecule has 1 aliphatic heterocycles. The SMILES string of the molecule is CC(C)c1ccc(S(=O)(=O)NCC2CCCNC2)cc1.Cl. The van der Waals surface area contributed by atoms with Crippen LogP contribution in [0.1, 0.15) is 38.2 Å². The Kier molecular flexibility index (Phi) is 7.13. The van der Waals surface area contributed by atoms with Crippen LogP contribution in [-0.2, 0) is 10.0 Å². The van der Waals surface area contributed by atoms with Crippen molar-refractivity contribution in [3.05, 3.63) is 29.8 Å². The molecular weight excluding hydrogens is 308 g/mol. The molecule has 1 saturated heterocycles. The second-order valence-electron chi connectivity index (χ2n) is 5.79. The van der Waals surface area contributed by atoms with Crippen LogP contribution in [0.25, 0.3) is 0 Å². The minimum Gasteiger partial charge on any atom is -0.316 e. The van der Waals surface area contributed by atoms with E-state index < -0.39 is 10.0 Å². The van der Waals surface area contributed by atoms with E-state index in [4.69, 9.17) is 0 Å². The maximum atomic E-state index is 12.2. The van der Waals surface area contributed by atoms with E-state index >= 15 is 0 Å². The highest BCUT2D eigenvalue weighted by atomic mass is 35.5. The van der Waals surface area contributed by atoms with E-state index in [-0.39, 0.29) is 12.4 Å². The lowest BCUT2D eigenvalue weighted by atomic mass is 10.0. The molecule has 120 valence electrons. The van der Waals surface area contributed by atoms with Gasteiger partial charge in [0.1, 0.15) is 0 Å². The average molecular weight is 333 g/mol. The molecule has 2 rings (SSSR count). The van der Waals surface area contributed by atoms with E-state index in [1.54, 1.807) is 12.1 Å². The van der Waals surface area contributed by atoms with Gasteiger partial charge in [0.05, 0.1) is 4.90 Å². The molecule has 1 atom stereocenters. The zero-order chi connectivity index (χ0) is 14.6. The van der Waals surface area contributed by atoms with E-state index in [0.717, 1.165) is 31.5 Å². The largest absolute Gasteiger partial charge is 0.316 e. The van der Waals surface area contributed by atoms with Gasteiger partial charge in [-0.2, -0.15) is 0 Å². The summed E-state index contributed by atoms with van der Waals surface area (Å²) in [6.45, 7) is 6.64. The van der Waals surface area contributed by atoms with Gasteiger partial charge in [-0.25, -0.2) is 13.1 Å². The van der Waals surface area contributed by atoms with Crippen LogP contribution in [0.2, 0.25) is 0 Å². The second kappa shape index (κ2) is 8.13. The van der Waals surface area contributed by atoms with Crippen LogP contribution in [0.5, 0.6) is 0 Å². The minimum absolute atomic E-state index is 0. The number of nitrogens with one attached hydrogen (secondary N) is 2. The molecule has 0 bridgehead atoms. The standard InChI is InChI=1S/C15H24N2O2S.ClH/c1-12(2)14-5-7-15(8-6-14)20(18,19)17-11-13-4-3-9-16-10-13;/h5-8,12-13,16-17H,3-4,9-11H2,1-2H3;1H. The fraction of sp³-hybridized carbons (Fsp3) is 0.600. The van der Waals surface area contributed by atoms with Gasteiger partial charge < -0.3 is 5.32 Å². The number of hydrogen-bond acceptors (Lipinski definition) is 3. The molecule has 1 heterocycles. The molecule has 1 fully saturated rings. The highest BCUT2D eigenvalue weighted by Gasteiger charge is 2.18. The third-order valence-corrected chi connectivity index (χ3v) is 5.26. The molecular formula is C15H25ClN2O2S. The van der Waals surface area contributed by atoms with Gasteiger partial charge in [-0.3, -0.25) is 0 Å². The fourth-order valence-electron chi connectivity index (χ4n) is 2.44. The normalized spacial score (nSPS) is 19.3. The van der Waals surface area contributed by atoms with E-state index in [9.17, 15) is 8.42 Å². The number of sulfonamides is 1. The van der Waals surface area contributed by atoms with Crippen LogP contribution in [0.3, 0.4) is 0 Å². The molecule has 21 heavy (non-hydrogen) atoms. The Hall–Kier alpha value is -0.620. The first-order chi connectivity index (χ1) is 9.49. The molecule has 0 spiro atoms. The summed E-state index contributed by atoms with van der Waals surface area (Å²) in [4.78, 5) is 0.352. The Morgan fingerprint density at radius 2 is 1.95 bits per heavy atom. The Balaban J connectivity index is 0.00000220. The molecule has 1 unspecified atom stereocenters. The third kappa shape index (κ3) is 5.25. The lowest BCUT2D eigenvalue weighted by molar-refractivity contribution is 0.376. The summed E-state index contributed by atoms with van der Waals surface area (Å²) in [7, 11) is -3.38. The number of halogens is 1. The number of rotatable bonds is 5. The van der Waals surface area contributed by atoms with Crippen LogP contribution in [0, 0.1) is 5.92 Å². The number of benzene rings is 1. The van der Waals surface area contributed by atoms with Crippen LogP contribution in [0.15, 0.2) is 29.2 Å². The van der Waals surface area contributed by atoms with E-state index in [2.05, 4.69) is 23.9 Å². The smallest absolute Gasteiger partial charge is 0.240 e. The van der Waals surface area contributed by atoms with Crippen molar-refractivity contribution in [3.63, 3.8) is 0 Å². The summed E-state index contributed by atoms with van der Waals surface area (Å²) in [6, 6.07) is 7.16. The van der Waals surface area contributed by atoms with E-state index in [1.165, 1.54) is 0 Å². The van der Waals surface area contributed by atoms with E-state index in [1.807, 2.05) is 12.1 Å². The van der Waals surface area contributed by atoms with Crippen molar-refractivity contribution in [3.8, 4) is 0 Å². The summed E-state index contributed by atoms with van der Waals surface area (Å²) in [6.07, 6.45) is 2.21. The van der Waals surface area contributed by atoms with Crippen molar-refractivity contribution in [2.24, 2.45) is 5.92 Å². The van der Waals surface area contributed by atoms with Crippen LogP contribution in [-0.4, -0.2) is 28.1 Å². The average Bonchev–Trinajstić information content (AvgIpc) is 2.46.